The van der Waals surface area contributed by atoms with Crippen molar-refractivity contribution >= 4 is 39.2 Å². The smallest absolute Gasteiger partial charge is 0.397 e. The number of hydrogen-bond acceptors (Lipinski definition) is 7. The topological polar surface area (TPSA) is 131 Å². The van der Waals surface area contributed by atoms with E-state index in [9.17, 15) is 23.1 Å². The van der Waals surface area contributed by atoms with Gasteiger partial charge in [0.2, 0.25) is 10.0 Å². The molecule has 0 saturated heterocycles. The lowest BCUT2D eigenvalue weighted by molar-refractivity contribution is -0.155. The van der Waals surface area contributed by atoms with Crippen LogP contribution < -0.4 is 14.8 Å². The molecular formula is C21H23ClN2O7S. The van der Waals surface area contributed by atoms with Crippen LogP contribution in [0.4, 0.5) is 5.69 Å². The molecule has 3 N–H and O–H groups in total. The molecule has 0 atom stereocenters. The first-order chi connectivity index (χ1) is 15.0. The minimum absolute atomic E-state index is 0.117. The summed E-state index contributed by atoms with van der Waals surface area (Å²) in [6, 6.07) is 6.62. The molecule has 11 heteroatoms. The number of nitrogens with one attached hydrogen (secondary N) is 2. The predicted octanol–water partition coefficient (Wildman–Crippen LogP) is 3.48. The van der Waals surface area contributed by atoms with Crippen molar-refractivity contribution in [2.75, 3.05) is 5.32 Å². The number of amides is 1. The number of sulfonamides is 1. The Morgan fingerprint density at radius 3 is 2.47 bits per heavy atom. The number of ether oxygens (including phenoxy) is 2. The van der Waals surface area contributed by atoms with E-state index in [2.05, 4.69) is 10.0 Å². The molecule has 9 nitrogen and oxygen atoms in total. The maximum atomic E-state index is 12.5. The normalized spacial score (nSPS) is 13.7. The highest BCUT2D eigenvalue weighted by molar-refractivity contribution is 7.89. The second-order valence-corrected chi connectivity index (χ2v) is 9.73. The zero-order chi connectivity index (χ0) is 23.6. The lowest BCUT2D eigenvalue weighted by atomic mass is 10.2. The van der Waals surface area contributed by atoms with Crippen LogP contribution in [0.1, 0.15) is 32.3 Å². The molecule has 2 aromatic carbocycles. The first-order valence-electron chi connectivity index (χ1n) is 9.81. The summed E-state index contributed by atoms with van der Waals surface area (Å²) in [4.78, 5) is 23.3. The van der Waals surface area contributed by atoms with Gasteiger partial charge in [0.1, 0.15) is 22.1 Å². The van der Waals surface area contributed by atoms with Gasteiger partial charge in [0.05, 0.1) is 11.1 Å². The van der Waals surface area contributed by atoms with E-state index in [-0.39, 0.29) is 33.1 Å². The van der Waals surface area contributed by atoms with Crippen LogP contribution in [0, 0.1) is 6.92 Å². The second kappa shape index (κ2) is 9.35. The van der Waals surface area contributed by atoms with Crippen LogP contribution in [0.3, 0.4) is 0 Å². The molecule has 32 heavy (non-hydrogen) atoms. The molecule has 0 radical (unpaired) electrons. The summed E-state index contributed by atoms with van der Waals surface area (Å²) < 4.78 is 38.1. The number of hydrogen-bond donors (Lipinski definition) is 3. The van der Waals surface area contributed by atoms with E-state index in [1.54, 1.807) is 20.8 Å². The molecular weight excluding hydrogens is 460 g/mol. The molecule has 0 heterocycles. The number of aryl methyl sites for hydroxylation is 1. The van der Waals surface area contributed by atoms with E-state index in [4.69, 9.17) is 21.1 Å². The monoisotopic (exact) mass is 482 g/mol. The van der Waals surface area contributed by atoms with Crippen LogP contribution in [-0.4, -0.2) is 37.5 Å². The first-order valence-corrected chi connectivity index (χ1v) is 11.7. The molecule has 0 bridgehead atoms. The van der Waals surface area contributed by atoms with Crippen molar-refractivity contribution in [1.29, 1.82) is 0 Å². The van der Waals surface area contributed by atoms with Crippen LogP contribution in [0.25, 0.3) is 0 Å². The van der Waals surface area contributed by atoms with Gasteiger partial charge in [0.15, 0.2) is 0 Å². The van der Waals surface area contributed by atoms with Gasteiger partial charge in [-0.3, -0.25) is 4.79 Å². The number of benzene rings is 2. The number of esters is 1. The highest BCUT2D eigenvalue weighted by atomic mass is 35.5. The van der Waals surface area contributed by atoms with Crippen LogP contribution in [0.2, 0.25) is 5.02 Å². The molecule has 0 unspecified atom stereocenters. The van der Waals surface area contributed by atoms with E-state index >= 15 is 0 Å². The van der Waals surface area contributed by atoms with Gasteiger partial charge in [-0.25, -0.2) is 17.9 Å². The van der Waals surface area contributed by atoms with Gasteiger partial charge in [-0.1, -0.05) is 11.6 Å². The van der Waals surface area contributed by atoms with Gasteiger partial charge in [0, 0.05) is 17.8 Å². The van der Waals surface area contributed by atoms with E-state index in [1.807, 2.05) is 0 Å². The Balaban J connectivity index is 1.80. The predicted molar refractivity (Wildman–Crippen MR) is 118 cm³/mol. The Morgan fingerprint density at radius 2 is 1.88 bits per heavy atom. The minimum Gasteiger partial charge on any atom is -0.507 e. The fourth-order valence-electron chi connectivity index (χ4n) is 2.76. The molecule has 1 aliphatic rings. The molecule has 172 valence electrons. The van der Waals surface area contributed by atoms with Gasteiger partial charge >= 0.3 is 11.9 Å². The first kappa shape index (κ1) is 23.8. The number of halogens is 1. The van der Waals surface area contributed by atoms with Crippen LogP contribution in [-0.2, 0) is 24.3 Å². The zero-order valence-electron chi connectivity index (χ0n) is 17.6. The zero-order valence-corrected chi connectivity index (χ0v) is 19.2. The van der Waals surface area contributed by atoms with Crippen molar-refractivity contribution in [3.63, 3.8) is 0 Å². The summed E-state index contributed by atoms with van der Waals surface area (Å²) >= 11 is 6.30. The molecule has 0 aromatic heterocycles. The van der Waals surface area contributed by atoms with E-state index in [0.29, 0.717) is 5.56 Å². The molecule has 2 aromatic rings. The Labute approximate surface area is 190 Å². The molecule has 3 rings (SSSR count). The fourth-order valence-corrected chi connectivity index (χ4v) is 4.48. The third kappa shape index (κ3) is 5.90. The van der Waals surface area contributed by atoms with Crippen molar-refractivity contribution < 1.29 is 32.6 Å². The van der Waals surface area contributed by atoms with Gasteiger partial charge < -0.3 is 19.9 Å². The van der Waals surface area contributed by atoms with Gasteiger partial charge in [-0.2, -0.15) is 0 Å². The molecule has 1 amide bonds. The molecule has 0 aliphatic heterocycles. The third-order valence-electron chi connectivity index (χ3n) is 4.36. The van der Waals surface area contributed by atoms with Crippen LogP contribution in [0.15, 0.2) is 35.2 Å². The summed E-state index contributed by atoms with van der Waals surface area (Å²) in [6.45, 7) is 4.91. The quantitative estimate of drug-likeness (QED) is 0.406. The Morgan fingerprint density at radius 1 is 1.19 bits per heavy atom. The summed E-state index contributed by atoms with van der Waals surface area (Å²) in [5.74, 6) is -2.01. The van der Waals surface area contributed by atoms with Crippen molar-refractivity contribution in [3.05, 3.63) is 40.9 Å². The molecule has 1 fully saturated rings. The molecule has 1 aliphatic carbocycles. The third-order valence-corrected chi connectivity index (χ3v) is 6.19. The number of rotatable bonds is 7. The van der Waals surface area contributed by atoms with Crippen molar-refractivity contribution in [2.24, 2.45) is 0 Å². The summed E-state index contributed by atoms with van der Waals surface area (Å²) in [5, 5.41) is 12.5. The number of phenolic OH excluding ortho intramolecular Hbond substituents is 1. The van der Waals surface area contributed by atoms with E-state index < -0.39 is 33.8 Å². The largest absolute Gasteiger partial charge is 0.507 e. The Bertz CT molecular complexity index is 1140. The number of anilines is 1. The Hall–Kier alpha value is -2.82. The number of phenols is 1. The average molecular weight is 483 g/mol. The van der Waals surface area contributed by atoms with Gasteiger partial charge in [-0.05, 0) is 63.4 Å². The summed E-state index contributed by atoms with van der Waals surface area (Å²) in [5.41, 5.74) is 0.770. The van der Waals surface area contributed by atoms with E-state index in [0.717, 1.165) is 12.8 Å². The van der Waals surface area contributed by atoms with Crippen LogP contribution >= 0.6 is 11.6 Å². The maximum absolute atomic E-state index is 12.5. The van der Waals surface area contributed by atoms with Gasteiger partial charge in [0.25, 0.3) is 0 Å². The lowest BCUT2D eigenvalue weighted by Gasteiger charge is -2.15. The van der Waals surface area contributed by atoms with E-state index in [1.165, 1.54) is 30.3 Å². The molecule has 0 spiro atoms. The standard InChI is InChI=1S/C21H23ClN2O7S/c1-11(2)30-21(27)20(26)23-14-8-12(3)19(16(22)9-14)31-15-6-7-17(25)18(10-15)32(28,29)24-13-4-5-13/h6-11,13,24-25H,4-5H2,1-3H3,(H,23,26). The highest BCUT2D eigenvalue weighted by Crippen LogP contribution is 2.37. The SMILES string of the molecule is Cc1cc(NC(=O)C(=O)OC(C)C)cc(Cl)c1Oc1ccc(O)c(S(=O)(=O)NC2CC2)c1. The second-order valence-electron chi connectivity index (χ2n) is 7.64. The molecule has 1 saturated carbocycles. The number of aromatic hydroxyl groups is 1. The van der Waals surface area contributed by atoms with Crippen molar-refractivity contribution in [1.82, 2.24) is 4.72 Å². The number of carbonyl (C=O) groups is 2. The van der Waals surface area contributed by atoms with Crippen LogP contribution in [0.5, 0.6) is 17.2 Å². The highest BCUT2D eigenvalue weighted by Gasteiger charge is 2.30. The lowest BCUT2D eigenvalue weighted by Crippen LogP contribution is -2.27. The summed E-state index contributed by atoms with van der Waals surface area (Å²) in [6.07, 6.45) is 1.07. The van der Waals surface area contributed by atoms with Gasteiger partial charge in [-0.15, -0.1) is 0 Å². The summed E-state index contributed by atoms with van der Waals surface area (Å²) in [7, 11) is -3.90. The fraction of sp³-hybridized carbons (Fsp3) is 0.333. The number of carbonyl (C=O) groups excluding carboxylic acids is 2. The Kier molecular flexibility index (Phi) is 6.97. The van der Waals surface area contributed by atoms with Crippen molar-refractivity contribution in [2.45, 2.75) is 50.7 Å². The van der Waals surface area contributed by atoms with Crippen molar-refractivity contribution in [3.8, 4) is 17.2 Å². The maximum Gasteiger partial charge on any atom is 0.397 e. The minimum atomic E-state index is -3.90. The average Bonchev–Trinajstić information content (AvgIpc) is 3.48.